The summed E-state index contributed by atoms with van der Waals surface area (Å²) in [6.07, 6.45) is 6.76. The van der Waals surface area contributed by atoms with Gasteiger partial charge in [0.1, 0.15) is 0 Å². The Morgan fingerprint density at radius 1 is 1.61 bits per heavy atom. The Labute approximate surface area is 109 Å². The smallest absolute Gasteiger partial charge is 0.312 e. The molecule has 0 spiro atoms. The summed E-state index contributed by atoms with van der Waals surface area (Å²) < 4.78 is 1.46. The predicted molar refractivity (Wildman–Crippen MR) is 73.4 cm³/mol. The SMILES string of the molecule is C=C(C=CC)n1c(-c2cc(Cl)ccn2)c[nH]c1=O. The third-order valence-electron chi connectivity index (χ3n) is 2.41. The van der Waals surface area contributed by atoms with E-state index >= 15 is 0 Å². The minimum atomic E-state index is -0.255. The standard InChI is InChI=1S/C13H12ClN3O/c1-3-4-9(2)17-12(8-16-13(17)18)11-7-10(14)5-6-15-11/h3-8H,2H2,1H3,(H,16,18). The molecule has 0 fully saturated rings. The highest BCUT2D eigenvalue weighted by atomic mass is 35.5. The van der Waals surface area contributed by atoms with Crippen LogP contribution in [0.1, 0.15) is 6.92 Å². The molecule has 92 valence electrons. The minimum Gasteiger partial charge on any atom is -0.312 e. The van der Waals surface area contributed by atoms with Crippen LogP contribution in [0.5, 0.6) is 0 Å². The summed E-state index contributed by atoms with van der Waals surface area (Å²) in [6, 6.07) is 3.38. The second-order valence-corrected chi connectivity index (χ2v) is 4.10. The molecule has 0 aliphatic heterocycles. The summed E-state index contributed by atoms with van der Waals surface area (Å²) in [6.45, 7) is 5.71. The van der Waals surface area contributed by atoms with E-state index in [0.29, 0.717) is 22.1 Å². The number of nitrogens with zero attached hydrogens (tertiary/aromatic N) is 2. The number of halogens is 1. The molecule has 2 heterocycles. The zero-order valence-electron chi connectivity index (χ0n) is 9.85. The van der Waals surface area contributed by atoms with Gasteiger partial charge in [0.2, 0.25) is 0 Å². The van der Waals surface area contributed by atoms with E-state index in [1.807, 2.05) is 13.0 Å². The number of allylic oxidation sites excluding steroid dienone is 3. The Kier molecular flexibility index (Phi) is 3.48. The van der Waals surface area contributed by atoms with E-state index in [1.165, 1.54) is 4.57 Å². The molecule has 5 heteroatoms. The molecule has 1 N–H and O–H groups in total. The van der Waals surface area contributed by atoms with Gasteiger partial charge < -0.3 is 4.98 Å². The number of H-pyrrole nitrogens is 1. The number of pyridine rings is 1. The lowest BCUT2D eigenvalue weighted by atomic mass is 10.2. The Balaban J connectivity index is 2.60. The number of aromatic amines is 1. The highest BCUT2D eigenvalue weighted by Crippen LogP contribution is 2.20. The molecule has 0 aromatic carbocycles. The van der Waals surface area contributed by atoms with E-state index < -0.39 is 0 Å². The summed E-state index contributed by atoms with van der Waals surface area (Å²) >= 11 is 5.92. The largest absolute Gasteiger partial charge is 0.330 e. The van der Waals surface area contributed by atoms with Gasteiger partial charge in [-0.15, -0.1) is 0 Å². The van der Waals surface area contributed by atoms with Gasteiger partial charge in [0.25, 0.3) is 0 Å². The van der Waals surface area contributed by atoms with E-state index in [4.69, 9.17) is 11.6 Å². The number of nitrogens with one attached hydrogen (secondary N) is 1. The normalized spacial score (nSPS) is 11.0. The molecule has 0 atom stereocenters. The average molecular weight is 262 g/mol. The number of rotatable bonds is 3. The average Bonchev–Trinajstić information content (AvgIpc) is 2.71. The molecular weight excluding hydrogens is 250 g/mol. The summed E-state index contributed by atoms with van der Waals surface area (Å²) in [5.74, 6) is 0. The number of hydrogen-bond donors (Lipinski definition) is 1. The summed E-state index contributed by atoms with van der Waals surface area (Å²) in [7, 11) is 0. The summed E-state index contributed by atoms with van der Waals surface area (Å²) in [4.78, 5) is 18.6. The maximum Gasteiger partial charge on any atom is 0.330 e. The van der Waals surface area contributed by atoms with Crippen molar-refractivity contribution in [3.8, 4) is 11.4 Å². The molecular formula is C13H12ClN3O. The first-order valence-electron chi connectivity index (χ1n) is 5.38. The maximum absolute atomic E-state index is 11.8. The second kappa shape index (κ2) is 5.06. The molecule has 0 saturated carbocycles. The van der Waals surface area contributed by atoms with Gasteiger partial charge in [-0.3, -0.25) is 9.55 Å². The van der Waals surface area contributed by atoms with Gasteiger partial charge in [0.15, 0.2) is 0 Å². The van der Waals surface area contributed by atoms with Crippen molar-refractivity contribution in [1.29, 1.82) is 0 Å². The van der Waals surface area contributed by atoms with Crippen LogP contribution in [-0.4, -0.2) is 14.5 Å². The van der Waals surface area contributed by atoms with Crippen LogP contribution in [0.2, 0.25) is 5.02 Å². The Morgan fingerprint density at radius 2 is 2.39 bits per heavy atom. The van der Waals surface area contributed by atoms with Crippen molar-refractivity contribution in [2.45, 2.75) is 6.92 Å². The molecule has 4 nitrogen and oxygen atoms in total. The van der Waals surface area contributed by atoms with Crippen molar-refractivity contribution in [2.75, 3.05) is 0 Å². The molecule has 2 aromatic rings. The number of aromatic nitrogens is 3. The first kappa shape index (κ1) is 12.4. The van der Waals surface area contributed by atoms with Gasteiger partial charge in [0.05, 0.1) is 11.4 Å². The minimum absolute atomic E-state index is 0.255. The van der Waals surface area contributed by atoms with Gasteiger partial charge in [-0.25, -0.2) is 4.79 Å². The fraction of sp³-hybridized carbons (Fsp3) is 0.0769. The van der Waals surface area contributed by atoms with Crippen LogP contribution < -0.4 is 5.69 Å². The van der Waals surface area contributed by atoms with E-state index in [9.17, 15) is 4.79 Å². The zero-order chi connectivity index (χ0) is 13.1. The third-order valence-corrected chi connectivity index (χ3v) is 2.64. The van der Waals surface area contributed by atoms with E-state index in [-0.39, 0.29) is 5.69 Å². The first-order valence-corrected chi connectivity index (χ1v) is 5.75. The zero-order valence-corrected chi connectivity index (χ0v) is 10.6. The molecule has 18 heavy (non-hydrogen) atoms. The van der Waals surface area contributed by atoms with Crippen LogP contribution in [0.25, 0.3) is 17.1 Å². The second-order valence-electron chi connectivity index (χ2n) is 3.67. The highest BCUT2D eigenvalue weighted by Gasteiger charge is 2.11. The highest BCUT2D eigenvalue weighted by molar-refractivity contribution is 6.30. The maximum atomic E-state index is 11.8. The molecule has 0 aliphatic carbocycles. The lowest BCUT2D eigenvalue weighted by molar-refractivity contribution is 1.02. The van der Waals surface area contributed by atoms with Gasteiger partial charge in [-0.2, -0.15) is 0 Å². The van der Waals surface area contributed by atoms with Crippen molar-refractivity contribution < 1.29 is 0 Å². The van der Waals surface area contributed by atoms with Crippen molar-refractivity contribution in [1.82, 2.24) is 14.5 Å². The van der Waals surface area contributed by atoms with Crippen molar-refractivity contribution in [3.05, 3.63) is 58.8 Å². The first-order chi connectivity index (χ1) is 8.63. The summed E-state index contributed by atoms with van der Waals surface area (Å²) in [5.41, 5.74) is 1.56. The van der Waals surface area contributed by atoms with Crippen molar-refractivity contribution in [2.24, 2.45) is 0 Å². The van der Waals surface area contributed by atoms with Gasteiger partial charge >= 0.3 is 5.69 Å². The topological polar surface area (TPSA) is 50.7 Å². The predicted octanol–water partition coefficient (Wildman–Crippen LogP) is 2.94. The lowest BCUT2D eigenvalue weighted by Gasteiger charge is -2.06. The quantitative estimate of drug-likeness (QED) is 0.864. The van der Waals surface area contributed by atoms with Crippen molar-refractivity contribution in [3.63, 3.8) is 0 Å². The molecule has 0 radical (unpaired) electrons. The molecule has 0 unspecified atom stereocenters. The van der Waals surface area contributed by atoms with Crippen LogP contribution in [0, 0.1) is 0 Å². The number of imidazole rings is 1. The molecule has 2 rings (SSSR count). The lowest BCUT2D eigenvalue weighted by Crippen LogP contribution is -2.15. The molecule has 0 saturated heterocycles. The van der Waals surface area contributed by atoms with Gasteiger partial charge in [0, 0.05) is 23.1 Å². The Bertz CT molecular complexity index is 667. The van der Waals surface area contributed by atoms with Crippen LogP contribution in [-0.2, 0) is 0 Å². The van der Waals surface area contributed by atoms with E-state index in [1.54, 1.807) is 30.6 Å². The molecule has 0 aliphatic rings. The monoisotopic (exact) mass is 261 g/mol. The van der Waals surface area contributed by atoms with E-state index in [0.717, 1.165) is 0 Å². The van der Waals surface area contributed by atoms with Gasteiger partial charge in [-0.1, -0.05) is 24.3 Å². The van der Waals surface area contributed by atoms with Crippen LogP contribution in [0.4, 0.5) is 0 Å². The molecule has 0 amide bonds. The fourth-order valence-electron chi connectivity index (χ4n) is 1.65. The fourth-order valence-corrected chi connectivity index (χ4v) is 1.81. The molecule has 0 bridgehead atoms. The number of hydrogen-bond acceptors (Lipinski definition) is 2. The van der Waals surface area contributed by atoms with E-state index in [2.05, 4.69) is 16.5 Å². The van der Waals surface area contributed by atoms with Crippen LogP contribution in [0.15, 0.2) is 48.1 Å². The van der Waals surface area contributed by atoms with Crippen LogP contribution in [0.3, 0.4) is 0 Å². The Morgan fingerprint density at radius 3 is 3.06 bits per heavy atom. The van der Waals surface area contributed by atoms with Gasteiger partial charge in [-0.05, 0) is 25.1 Å². The third kappa shape index (κ3) is 2.28. The Hall–Kier alpha value is -2.07. The van der Waals surface area contributed by atoms with Crippen LogP contribution >= 0.6 is 11.6 Å². The van der Waals surface area contributed by atoms with Crippen molar-refractivity contribution >= 4 is 17.3 Å². The summed E-state index contributed by atoms with van der Waals surface area (Å²) in [5, 5.41) is 0.567. The molecule has 2 aromatic heterocycles.